The molecule has 0 amide bonds. The molecular weight excluding hydrogens is 749 g/mol. The molecular formula is C59H72BNO. The third kappa shape index (κ3) is 8.46. The molecule has 0 aliphatic heterocycles. The number of nitrogens with zero attached hydrogens (tertiary/aromatic N) is 1. The molecule has 2 heterocycles. The van der Waals surface area contributed by atoms with Crippen LogP contribution in [0, 0.1) is 0 Å². The first-order valence-electron chi connectivity index (χ1n) is 23.8. The van der Waals surface area contributed by atoms with Crippen molar-refractivity contribution in [1.82, 2.24) is 4.98 Å². The van der Waals surface area contributed by atoms with Crippen molar-refractivity contribution in [1.29, 1.82) is 0 Å². The van der Waals surface area contributed by atoms with E-state index in [4.69, 9.17) is 9.40 Å². The standard InChI is InChI=1S/C59H72BNO/c1-33(2)42-27-50(37(9)10)57(51(28-42)38(11)12)60(58-52(39(13)14)29-43(34(3)4)30-53(58)40(15)16)44-23-24-47-48-21-18-22-49(59(48)62-55(47)32-44)54-31-41(25-26-61-54)56-45(35(5)6)19-17-20-46(56)36(7)8/h17-40H,1-16H3. The van der Waals surface area contributed by atoms with Gasteiger partial charge in [0.05, 0.1) is 5.69 Å². The summed E-state index contributed by atoms with van der Waals surface area (Å²) < 4.78 is 7.14. The second-order valence-electron chi connectivity index (χ2n) is 20.7. The maximum absolute atomic E-state index is 7.14. The molecule has 0 N–H and O–H groups in total. The summed E-state index contributed by atoms with van der Waals surface area (Å²) in [7, 11) is 0. The van der Waals surface area contributed by atoms with E-state index in [0.717, 1.165) is 33.2 Å². The van der Waals surface area contributed by atoms with E-state index in [1.807, 2.05) is 6.20 Å². The van der Waals surface area contributed by atoms with Gasteiger partial charge in [-0.1, -0.05) is 194 Å². The SMILES string of the molecule is CC(C)c1cc(C(C)C)c(B(c2ccc3c(c2)oc2c(-c4cc(-c5c(C(C)C)cccc5C(C)C)ccn4)cccc23)c2c(C(C)C)cc(C(C)C)cc2C(C)C)c(C(C)C)c1. The summed E-state index contributed by atoms with van der Waals surface area (Å²) in [4.78, 5) is 5.01. The van der Waals surface area contributed by atoms with Crippen LogP contribution in [-0.4, -0.2) is 11.7 Å². The number of para-hydroxylation sites is 1. The number of benzene rings is 5. The first kappa shape index (κ1) is 45.1. The van der Waals surface area contributed by atoms with Crippen LogP contribution in [0.5, 0.6) is 0 Å². The van der Waals surface area contributed by atoms with Gasteiger partial charge in [-0.15, -0.1) is 0 Å². The maximum atomic E-state index is 7.14. The molecule has 2 aromatic heterocycles. The Kier molecular flexibility index (Phi) is 13.2. The highest BCUT2D eigenvalue weighted by molar-refractivity contribution is 6.96. The summed E-state index contributed by atoms with van der Waals surface area (Å²) in [6.07, 6.45) is 1.97. The zero-order valence-electron chi connectivity index (χ0n) is 40.8. The van der Waals surface area contributed by atoms with Crippen LogP contribution in [0.2, 0.25) is 0 Å². The Morgan fingerprint density at radius 3 is 1.35 bits per heavy atom. The fourth-order valence-corrected chi connectivity index (χ4v) is 9.98. The van der Waals surface area contributed by atoms with Crippen LogP contribution >= 0.6 is 0 Å². The largest absolute Gasteiger partial charge is 0.455 e. The Balaban J connectivity index is 1.52. The Hall–Kier alpha value is -4.89. The average Bonchev–Trinajstić information content (AvgIpc) is 3.61. The molecule has 322 valence electrons. The molecule has 0 atom stereocenters. The van der Waals surface area contributed by atoms with Crippen LogP contribution in [0.25, 0.3) is 44.3 Å². The van der Waals surface area contributed by atoms with E-state index in [1.54, 1.807) is 0 Å². The molecule has 0 aliphatic carbocycles. The lowest BCUT2D eigenvalue weighted by atomic mass is 9.33. The molecule has 0 saturated heterocycles. The zero-order valence-corrected chi connectivity index (χ0v) is 40.8. The molecule has 0 fully saturated rings. The Labute approximate surface area is 375 Å². The Morgan fingerprint density at radius 1 is 0.435 bits per heavy atom. The van der Waals surface area contributed by atoms with Gasteiger partial charge in [0.15, 0.2) is 0 Å². The molecule has 0 aliphatic rings. The molecule has 7 rings (SSSR count). The van der Waals surface area contributed by atoms with E-state index < -0.39 is 0 Å². The highest BCUT2D eigenvalue weighted by Gasteiger charge is 2.35. The Bertz CT molecular complexity index is 2560. The molecule has 0 radical (unpaired) electrons. The van der Waals surface area contributed by atoms with Gasteiger partial charge in [-0.25, -0.2) is 0 Å². The quantitative estimate of drug-likeness (QED) is 0.108. The highest BCUT2D eigenvalue weighted by atomic mass is 16.3. The van der Waals surface area contributed by atoms with E-state index in [2.05, 4.69) is 202 Å². The van der Waals surface area contributed by atoms with Crippen molar-refractivity contribution in [2.75, 3.05) is 0 Å². The predicted octanol–water partition coefficient (Wildman–Crippen LogP) is 15.8. The first-order chi connectivity index (χ1) is 29.4. The maximum Gasteiger partial charge on any atom is 0.242 e. The van der Waals surface area contributed by atoms with Gasteiger partial charge in [-0.2, -0.15) is 0 Å². The lowest BCUT2D eigenvalue weighted by molar-refractivity contribution is 0.670. The molecule has 62 heavy (non-hydrogen) atoms. The molecule has 5 aromatic carbocycles. The van der Waals surface area contributed by atoms with Crippen molar-refractivity contribution >= 4 is 45.0 Å². The van der Waals surface area contributed by atoms with Gasteiger partial charge in [0, 0.05) is 22.5 Å². The van der Waals surface area contributed by atoms with Gasteiger partial charge in [0.2, 0.25) is 6.71 Å². The second kappa shape index (κ2) is 18.1. The van der Waals surface area contributed by atoms with Crippen LogP contribution in [0.3, 0.4) is 0 Å². The molecule has 0 saturated carbocycles. The minimum atomic E-state index is 0.0219. The predicted molar refractivity (Wildman–Crippen MR) is 273 cm³/mol. The van der Waals surface area contributed by atoms with E-state index in [1.165, 1.54) is 72.0 Å². The smallest absolute Gasteiger partial charge is 0.242 e. The third-order valence-corrected chi connectivity index (χ3v) is 13.5. The van der Waals surface area contributed by atoms with Crippen molar-refractivity contribution in [3.63, 3.8) is 0 Å². The van der Waals surface area contributed by atoms with Gasteiger partial charge in [-0.3, -0.25) is 4.98 Å². The van der Waals surface area contributed by atoms with Crippen molar-refractivity contribution < 1.29 is 4.42 Å². The number of hydrogen-bond donors (Lipinski definition) is 0. The highest BCUT2D eigenvalue weighted by Crippen LogP contribution is 2.40. The molecule has 0 unspecified atom stereocenters. The molecule has 0 bridgehead atoms. The number of rotatable bonds is 13. The molecule has 3 heteroatoms. The third-order valence-electron chi connectivity index (χ3n) is 13.5. The normalized spacial score (nSPS) is 12.4. The van der Waals surface area contributed by atoms with Gasteiger partial charge in [0.25, 0.3) is 0 Å². The van der Waals surface area contributed by atoms with Gasteiger partial charge < -0.3 is 4.42 Å². The van der Waals surface area contributed by atoms with E-state index >= 15 is 0 Å². The van der Waals surface area contributed by atoms with Crippen LogP contribution in [0.15, 0.2) is 102 Å². The number of aromatic nitrogens is 1. The topological polar surface area (TPSA) is 26.0 Å². The summed E-state index contributed by atoms with van der Waals surface area (Å²) in [6.45, 7) is 37.6. The second-order valence-corrected chi connectivity index (χ2v) is 20.7. The van der Waals surface area contributed by atoms with Crippen LogP contribution < -0.4 is 16.4 Å². The number of fused-ring (bicyclic) bond motifs is 3. The molecule has 2 nitrogen and oxygen atoms in total. The van der Waals surface area contributed by atoms with E-state index in [9.17, 15) is 0 Å². The minimum Gasteiger partial charge on any atom is -0.455 e. The number of furan rings is 1. The average molecular weight is 822 g/mol. The van der Waals surface area contributed by atoms with Crippen molar-refractivity contribution in [2.45, 2.75) is 158 Å². The van der Waals surface area contributed by atoms with Gasteiger partial charge >= 0.3 is 0 Å². The van der Waals surface area contributed by atoms with E-state index in [-0.39, 0.29) is 6.71 Å². The monoisotopic (exact) mass is 822 g/mol. The minimum absolute atomic E-state index is 0.0219. The van der Waals surface area contributed by atoms with Crippen molar-refractivity contribution in [2.24, 2.45) is 0 Å². The summed E-state index contributed by atoms with van der Waals surface area (Å²) >= 11 is 0. The molecule has 0 spiro atoms. The Morgan fingerprint density at radius 2 is 0.903 bits per heavy atom. The summed E-state index contributed by atoms with van der Waals surface area (Å²) in [5.74, 6) is 3.11. The van der Waals surface area contributed by atoms with Gasteiger partial charge in [-0.05, 0) is 127 Å². The number of pyridine rings is 1. The van der Waals surface area contributed by atoms with Crippen molar-refractivity contribution in [3.05, 3.63) is 142 Å². The zero-order chi connectivity index (χ0) is 44.9. The summed E-state index contributed by atoms with van der Waals surface area (Å²) in [5, 5.41) is 2.26. The van der Waals surface area contributed by atoms with E-state index in [0.29, 0.717) is 47.3 Å². The van der Waals surface area contributed by atoms with Crippen molar-refractivity contribution in [3.8, 4) is 22.4 Å². The summed E-state index contributed by atoms with van der Waals surface area (Å²) in [5.41, 5.74) is 22.0. The lowest BCUT2D eigenvalue weighted by Gasteiger charge is -2.32. The first-order valence-corrected chi connectivity index (χ1v) is 23.8. The lowest BCUT2D eigenvalue weighted by Crippen LogP contribution is -2.57. The van der Waals surface area contributed by atoms with Gasteiger partial charge in [0.1, 0.15) is 11.2 Å². The van der Waals surface area contributed by atoms with Crippen LogP contribution in [-0.2, 0) is 0 Å². The van der Waals surface area contributed by atoms with Crippen LogP contribution in [0.4, 0.5) is 0 Å². The fraction of sp³-hybridized carbons (Fsp3) is 0.407. The molecule has 7 aromatic rings. The number of hydrogen-bond acceptors (Lipinski definition) is 2. The fourth-order valence-electron chi connectivity index (χ4n) is 9.98. The summed E-state index contributed by atoms with van der Waals surface area (Å²) in [6, 6.07) is 35.1. The van der Waals surface area contributed by atoms with Crippen LogP contribution in [0.1, 0.15) is 203 Å².